The summed E-state index contributed by atoms with van der Waals surface area (Å²) in [5.41, 5.74) is 0.769. The molecule has 0 saturated carbocycles. The lowest BCUT2D eigenvalue weighted by Gasteiger charge is -2.14. The van der Waals surface area contributed by atoms with E-state index < -0.39 is 0 Å². The zero-order chi connectivity index (χ0) is 20.4. The van der Waals surface area contributed by atoms with Crippen molar-refractivity contribution in [2.24, 2.45) is 0 Å². The summed E-state index contributed by atoms with van der Waals surface area (Å²) in [5.74, 6) is 2.85. The Kier molecular flexibility index (Phi) is 8.27. The minimum atomic E-state index is -0.247. The van der Waals surface area contributed by atoms with E-state index in [9.17, 15) is 4.79 Å². The van der Waals surface area contributed by atoms with Crippen LogP contribution in [0.5, 0.6) is 28.7 Å². The van der Waals surface area contributed by atoms with Gasteiger partial charge in [-0.25, -0.2) is 0 Å². The molecule has 7 nitrogen and oxygen atoms in total. The van der Waals surface area contributed by atoms with Crippen molar-refractivity contribution >= 4 is 5.91 Å². The first kappa shape index (κ1) is 21.2. The zero-order valence-corrected chi connectivity index (χ0v) is 16.7. The fraction of sp³-hybridized carbons (Fsp3) is 0.381. The van der Waals surface area contributed by atoms with Gasteiger partial charge in [-0.1, -0.05) is 6.92 Å². The molecule has 0 unspecified atom stereocenters. The van der Waals surface area contributed by atoms with Crippen LogP contribution in [-0.4, -0.2) is 40.5 Å². The Morgan fingerprint density at radius 2 is 1.43 bits per heavy atom. The van der Waals surface area contributed by atoms with Crippen LogP contribution >= 0.6 is 0 Å². The largest absolute Gasteiger partial charge is 0.496 e. The molecule has 7 heteroatoms. The average molecular weight is 389 g/mol. The average Bonchev–Trinajstić information content (AvgIpc) is 2.74. The first-order valence-electron chi connectivity index (χ1n) is 9.02. The Morgan fingerprint density at radius 3 is 2.00 bits per heavy atom. The Hall–Kier alpha value is -3.09. The maximum Gasteiger partial charge on any atom is 0.258 e. The van der Waals surface area contributed by atoms with Crippen LogP contribution in [0.3, 0.4) is 0 Å². The maximum atomic E-state index is 12.1. The van der Waals surface area contributed by atoms with Gasteiger partial charge in [-0.3, -0.25) is 4.79 Å². The monoisotopic (exact) mass is 389 g/mol. The lowest BCUT2D eigenvalue weighted by molar-refractivity contribution is -0.123. The fourth-order valence-corrected chi connectivity index (χ4v) is 2.48. The third-order valence-corrected chi connectivity index (χ3v) is 3.93. The van der Waals surface area contributed by atoms with Gasteiger partial charge < -0.3 is 29.0 Å². The summed E-state index contributed by atoms with van der Waals surface area (Å²) >= 11 is 0. The number of benzene rings is 2. The summed E-state index contributed by atoms with van der Waals surface area (Å²) in [7, 11) is 4.67. The van der Waals surface area contributed by atoms with E-state index in [-0.39, 0.29) is 19.1 Å². The fourth-order valence-electron chi connectivity index (χ4n) is 2.48. The Morgan fingerprint density at radius 1 is 0.857 bits per heavy atom. The van der Waals surface area contributed by atoms with E-state index in [1.165, 1.54) is 0 Å². The van der Waals surface area contributed by atoms with Gasteiger partial charge in [-0.2, -0.15) is 0 Å². The first-order valence-corrected chi connectivity index (χ1v) is 9.02. The second kappa shape index (κ2) is 10.9. The molecule has 0 aliphatic heterocycles. The summed E-state index contributed by atoms with van der Waals surface area (Å²) in [6.45, 7) is 2.90. The number of hydrogen-bond donors (Lipinski definition) is 1. The Bertz CT molecular complexity index is 760. The van der Waals surface area contributed by atoms with E-state index in [0.717, 1.165) is 17.7 Å². The predicted molar refractivity (Wildman–Crippen MR) is 106 cm³/mol. The number of rotatable bonds is 11. The highest BCUT2D eigenvalue weighted by Gasteiger charge is 2.13. The van der Waals surface area contributed by atoms with Crippen LogP contribution in [0.25, 0.3) is 0 Å². The lowest BCUT2D eigenvalue weighted by atomic mass is 10.1. The van der Waals surface area contributed by atoms with E-state index in [1.807, 2.05) is 19.1 Å². The number of nitrogens with one attached hydrogen (secondary N) is 1. The highest BCUT2D eigenvalue weighted by Crippen LogP contribution is 2.34. The molecule has 0 aromatic heterocycles. The molecule has 28 heavy (non-hydrogen) atoms. The maximum absolute atomic E-state index is 12.1. The van der Waals surface area contributed by atoms with Crippen molar-refractivity contribution in [3.05, 3.63) is 42.0 Å². The van der Waals surface area contributed by atoms with Gasteiger partial charge in [0.1, 0.15) is 17.2 Å². The molecule has 0 spiro atoms. The number of hydrogen-bond acceptors (Lipinski definition) is 6. The molecule has 1 N–H and O–H groups in total. The standard InChI is InChI=1S/C21H27NO6/c1-5-10-27-16-6-8-17(9-7-16)28-14-21(23)22-13-15-11-19(25-3)20(26-4)12-18(15)24-2/h6-9,11-12H,5,10,13-14H2,1-4H3,(H,22,23). The quantitative estimate of drug-likeness (QED) is 0.636. The van der Waals surface area contributed by atoms with Crippen molar-refractivity contribution in [2.45, 2.75) is 19.9 Å². The van der Waals surface area contributed by atoms with Crippen LogP contribution in [0.4, 0.5) is 0 Å². The summed E-state index contributed by atoms with van der Waals surface area (Å²) < 4.78 is 26.9. The van der Waals surface area contributed by atoms with Crippen LogP contribution in [-0.2, 0) is 11.3 Å². The minimum Gasteiger partial charge on any atom is -0.496 e. The third-order valence-electron chi connectivity index (χ3n) is 3.93. The smallest absolute Gasteiger partial charge is 0.258 e. The normalized spacial score (nSPS) is 10.1. The molecule has 2 rings (SSSR count). The van der Waals surface area contributed by atoms with E-state index >= 15 is 0 Å². The van der Waals surface area contributed by atoms with Crippen LogP contribution < -0.4 is 29.0 Å². The minimum absolute atomic E-state index is 0.0925. The molecule has 0 fully saturated rings. The molecule has 2 aromatic rings. The van der Waals surface area contributed by atoms with Gasteiger partial charge >= 0.3 is 0 Å². The topological polar surface area (TPSA) is 75.3 Å². The molecule has 0 heterocycles. The van der Waals surface area contributed by atoms with E-state index in [0.29, 0.717) is 29.6 Å². The van der Waals surface area contributed by atoms with Gasteiger partial charge in [0.05, 0.1) is 27.9 Å². The van der Waals surface area contributed by atoms with Gasteiger partial charge in [-0.05, 0) is 36.8 Å². The molecule has 1 amide bonds. The summed E-state index contributed by atoms with van der Waals surface area (Å²) in [5, 5.41) is 2.81. The van der Waals surface area contributed by atoms with Crippen LogP contribution in [0.2, 0.25) is 0 Å². The second-order valence-corrected chi connectivity index (χ2v) is 5.90. The molecule has 0 aliphatic rings. The van der Waals surface area contributed by atoms with Gasteiger partial charge in [0, 0.05) is 18.2 Å². The molecular formula is C21H27NO6. The molecule has 152 valence electrons. The van der Waals surface area contributed by atoms with Crippen LogP contribution in [0.15, 0.2) is 36.4 Å². The SMILES string of the molecule is CCCOc1ccc(OCC(=O)NCc2cc(OC)c(OC)cc2OC)cc1. The van der Waals surface area contributed by atoms with Crippen LogP contribution in [0.1, 0.15) is 18.9 Å². The predicted octanol–water partition coefficient (Wildman–Crippen LogP) is 3.20. The molecule has 0 aliphatic carbocycles. The number of carbonyl (C=O) groups is 1. The molecule has 2 aromatic carbocycles. The highest BCUT2D eigenvalue weighted by molar-refractivity contribution is 5.77. The Balaban J connectivity index is 1.88. The van der Waals surface area contributed by atoms with Crippen molar-refractivity contribution < 1.29 is 28.5 Å². The highest BCUT2D eigenvalue weighted by atomic mass is 16.5. The molecule has 0 saturated heterocycles. The van der Waals surface area contributed by atoms with Crippen molar-refractivity contribution in [3.8, 4) is 28.7 Å². The second-order valence-electron chi connectivity index (χ2n) is 5.90. The zero-order valence-electron chi connectivity index (χ0n) is 16.7. The first-order chi connectivity index (χ1) is 13.6. The summed E-state index contributed by atoms with van der Waals surface area (Å²) in [6.07, 6.45) is 0.948. The molecule has 0 radical (unpaired) electrons. The van der Waals surface area contributed by atoms with Gasteiger partial charge in [0.2, 0.25) is 0 Å². The van der Waals surface area contributed by atoms with Crippen molar-refractivity contribution in [2.75, 3.05) is 34.5 Å². The van der Waals surface area contributed by atoms with Gasteiger partial charge in [0.25, 0.3) is 5.91 Å². The number of carbonyl (C=O) groups excluding carboxylic acids is 1. The summed E-state index contributed by atoms with van der Waals surface area (Å²) in [6, 6.07) is 10.7. The molecular weight excluding hydrogens is 362 g/mol. The Labute approximate surface area is 165 Å². The lowest BCUT2D eigenvalue weighted by Crippen LogP contribution is -2.28. The van der Waals surface area contributed by atoms with Crippen molar-refractivity contribution in [1.29, 1.82) is 0 Å². The third kappa shape index (κ3) is 5.97. The van der Waals surface area contributed by atoms with E-state index in [2.05, 4.69) is 5.32 Å². The van der Waals surface area contributed by atoms with Crippen molar-refractivity contribution in [1.82, 2.24) is 5.32 Å². The number of methoxy groups -OCH3 is 3. The molecule has 0 atom stereocenters. The summed E-state index contributed by atoms with van der Waals surface area (Å²) in [4.78, 5) is 12.1. The van der Waals surface area contributed by atoms with E-state index in [4.69, 9.17) is 23.7 Å². The van der Waals surface area contributed by atoms with Gasteiger partial charge in [-0.15, -0.1) is 0 Å². The van der Waals surface area contributed by atoms with Crippen molar-refractivity contribution in [3.63, 3.8) is 0 Å². The number of ether oxygens (including phenoxy) is 5. The van der Waals surface area contributed by atoms with Crippen LogP contribution in [0, 0.1) is 0 Å². The molecule has 0 bridgehead atoms. The van der Waals surface area contributed by atoms with E-state index in [1.54, 1.807) is 45.6 Å². The van der Waals surface area contributed by atoms with Gasteiger partial charge in [0.15, 0.2) is 18.1 Å². The number of amides is 1.